The predicted molar refractivity (Wildman–Crippen MR) is 57.8 cm³/mol. The molecular weight excluding hydrogens is 216 g/mol. The maximum Gasteiger partial charge on any atom is 0.192 e. The lowest BCUT2D eigenvalue weighted by atomic mass is 10.1. The highest BCUT2D eigenvalue weighted by atomic mass is 35.5. The number of nitrogens with zero attached hydrogens (tertiary/aromatic N) is 1. The van der Waals surface area contributed by atoms with E-state index in [-0.39, 0.29) is 6.54 Å². The van der Waals surface area contributed by atoms with E-state index in [0.29, 0.717) is 27.6 Å². The van der Waals surface area contributed by atoms with Crippen LogP contribution in [0.2, 0.25) is 5.02 Å². The highest BCUT2D eigenvalue weighted by Crippen LogP contribution is 2.28. The first kappa shape index (κ1) is 10.4. The van der Waals surface area contributed by atoms with Crippen LogP contribution in [0.15, 0.2) is 16.5 Å². The van der Waals surface area contributed by atoms with E-state index < -0.39 is 6.10 Å². The van der Waals surface area contributed by atoms with Gasteiger partial charge < -0.3 is 15.3 Å². The Kier molecular flexibility index (Phi) is 2.65. The van der Waals surface area contributed by atoms with Crippen molar-refractivity contribution in [3.05, 3.63) is 28.6 Å². The van der Waals surface area contributed by atoms with E-state index in [0.717, 1.165) is 0 Å². The molecule has 0 aliphatic carbocycles. The van der Waals surface area contributed by atoms with Gasteiger partial charge in [-0.2, -0.15) is 0 Å². The Labute approximate surface area is 91.7 Å². The first-order valence-corrected chi connectivity index (χ1v) is 4.94. The molecule has 0 aliphatic rings. The van der Waals surface area contributed by atoms with Gasteiger partial charge in [0.25, 0.3) is 0 Å². The fourth-order valence-electron chi connectivity index (χ4n) is 1.45. The zero-order valence-corrected chi connectivity index (χ0v) is 8.95. The van der Waals surface area contributed by atoms with Gasteiger partial charge in [0.2, 0.25) is 0 Å². The molecule has 1 aromatic carbocycles. The van der Waals surface area contributed by atoms with Crippen LogP contribution in [-0.2, 0) is 0 Å². The van der Waals surface area contributed by atoms with Gasteiger partial charge in [-0.3, -0.25) is 0 Å². The average molecular weight is 227 g/mol. The molecule has 0 unspecified atom stereocenters. The number of halogens is 1. The Bertz CT molecular complexity index is 495. The minimum atomic E-state index is -0.725. The van der Waals surface area contributed by atoms with E-state index in [1.165, 1.54) is 0 Å². The summed E-state index contributed by atoms with van der Waals surface area (Å²) in [5.74, 6) is 0.547. The average Bonchev–Trinajstić information content (AvgIpc) is 2.58. The quantitative estimate of drug-likeness (QED) is 0.819. The monoisotopic (exact) mass is 226 g/mol. The van der Waals surface area contributed by atoms with E-state index in [9.17, 15) is 5.11 Å². The Balaban J connectivity index is 2.61. The maximum absolute atomic E-state index is 9.57. The molecule has 4 nitrogen and oxygen atoms in total. The van der Waals surface area contributed by atoms with Gasteiger partial charge in [-0.15, -0.1) is 0 Å². The highest BCUT2D eigenvalue weighted by Gasteiger charge is 2.12. The molecule has 0 saturated carbocycles. The Morgan fingerprint density at radius 3 is 3.00 bits per heavy atom. The van der Waals surface area contributed by atoms with Crippen molar-refractivity contribution in [2.75, 3.05) is 6.54 Å². The van der Waals surface area contributed by atoms with Crippen molar-refractivity contribution in [2.45, 2.75) is 13.0 Å². The van der Waals surface area contributed by atoms with Crippen LogP contribution in [0, 0.1) is 6.92 Å². The number of hydrogen-bond acceptors (Lipinski definition) is 4. The van der Waals surface area contributed by atoms with Crippen LogP contribution < -0.4 is 5.73 Å². The lowest BCUT2D eigenvalue weighted by Crippen LogP contribution is -2.11. The SMILES string of the molecule is Cc1nc2c(Cl)cc([C@H](O)CN)cc2o1. The number of aliphatic hydroxyl groups is 1. The van der Waals surface area contributed by atoms with Crippen molar-refractivity contribution in [1.82, 2.24) is 4.98 Å². The summed E-state index contributed by atoms with van der Waals surface area (Å²) >= 11 is 6.00. The number of rotatable bonds is 2. The van der Waals surface area contributed by atoms with Gasteiger partial charge >= 0.3 is 0 Å². The molecule has 0 amide bonds. The summed E-state index contributed by atoms with van der Waals surface area (Å²) in [6.45, 7) is 1.89. The van der Waals surface area contributed by atoms with E-state index in [1.807, 2.05) is 0 Å². The summed E-state index contributed by atoms with van der Waals surface area (Å²) < 4.78 is 5.34. The molecule has 2 aromatic rings. The molecule has 5 heteroatoms. The summed E-state index contributed by atoms with van der Waals surface area (Å²) in [5.41, 5.74) is 7.19. The molecule has 1 atom stereocenters. The third-order valence-electron chi connectivity index (χ3n) is 2.19. The molecule has 1 heterocycles. The predicted octanol–water partition coefficient (Wildman–Crippen LogP) is 1.78. The zero-order chi connectivity index (χ0) is 11.0. The van der Waals surface area contributed by atoms with Crippen LogP contribution >= 0.6 is 11.6 Å². The van der Waals surface area contributed by atoms with Crippen molar-refractivity contribution in [1.29, 1.82) is 0 Å². The second-order valence-electron chi connectivity index (χ2n) is 3.33. The van der Waals surface area contributed by atoms with Gasteiger partial charge in [-0.05, 0) is 17.7 Å². The molecule has 15 heavy (non-hydrogen) atoms. The minimum Gasteiger partial charge on any atom is -0.441 e. The first-order chi connectivity index (χ1) is 7.11. The highest BCUT2D eigenvalue weighted by molar-refractivity contribution is 6.34. The molecule has 0 radical (unpaired) electrons. The van der Waals surface area contributed by atoms with Crippen LogP contribution in [0.25, 0.3) is 11.1 Å². The summed E-state index contributed by atoms with van der Waals surface area (Å²) in [6.07, 6.45) is -0.725. The number of hydrogen-bond donors (Lipinski definition) is 2. The van der Waals surface area contributed by atoms with Gasteiger partial charge in [-0.25, -0.2) is 4.98 Å². The molecule has 80 valence electrons. The van der Waals surface area contributed by atoms with Crippen LogP contribution in [-0.4, -0.2) is 16.6 Å². The van der Waals surface area contributed by atoms with Crippen molar-refractivity contribution >= 4 is 22.7 Å². The van der Waals surface area contributed by atoms with Crippen LogP contribution in [0.3, 0.4) is 0 Å². The van der Waals surface area contributed by atoms with E-state index >= 15 is 0 Å². The number of fused-ring (bicyclic) bond motifs is 1. The number of aliphatic hydroxyl groups excluding tert-OH is 1. The fourth-order valence-corrected chi connectivity index (χ4v) is 1.71. The number of aryl methyl sites for hydroxylation is 1. The molecular formula is C10H11ClN2O2. The van der Waals surface area contributed by atoms with Crippen molar-refractivity contribution < 1.29 is 9.52 Å². The van der Waals surface area contributed by atoms with Crippen LogP contribution in [0.5, 0.6) is 0 Å². The van der Waals surface area contributed by atoms with Gasteiger partial charge in [0.15, 0.2) is 11.5 Å². The van der Waals surface area contributed by atoms with Crippen molar-refractivity contribution in [3.63, 3.8) is 0 Å². The van der Waals surface area contributed by atoms with Crippen molar-refractivity contribution in [3.8, 4) is 0 Å². The first-order valence-electron chi connectivity index (χ1n) is 4.56. The van der Waals surface area contributed by atoms with Gasteiger partial charge in [0.05, 0.1) is 11.1 Å². The Morgan fingerprint density at radius 1 is 1.60 bits per heavy atom. The fraction of sp³-hybridized carbons (Fsp3) is 0.300. The van der Waals surface area contributed by atoms with Crippen LogP contribution in [0.1, 0.15) is 17.6 Å². The molecule has 3 N–H and O–H groups in total. The van der Waals surface area contributed by atoms with E-state index in [4.69, 9.17) is 21.8 Å². The standard InChI is InChI=1S/C10H11ClN2O2/c1-5-13-10-7(11)2-6(8(14)4-12)3-9(10)15-5/h2-3,8,14H,4,12H2,1H3/t8-/m1/s1. The van der Waals surface area contributed by atoms with E-state index in [1.54, 1.807) is 19.1 Å². The number of benzene rings is 1. The normalized spacial score (nSPS) is 13.3. The molecule has 0 aliphatic heterocycles. The molecule has 0 saturated heterocycles. The molecule has 2 rings (SSSR count). The minimum absolute atomic E-state index is 0.148. The van der Waals surface area contributed by atoms with Gasteiger partial charge in [0.1, 0.15) is 5.52 Å². The Morgan fingerprint density at radius 2 is 2.33 bits per heavy atom. The molecule has 0 bridgehead atoms. The van der Waals surface area contributed by atoms with Crippen molar-refractivity contribution in [2.24, 2.45) is 5.73 Å². The largest absolute Gasteiger partial charge is 0.441 e. The Hall–Kier alpha value is -1.10. The third kappa shape index (κ3) is 1.84. The number of oxazole rings is 1. The second-order valence-corrected chi connectivity index (χ2v) is 3.74. The summed E-state index contributed by atoms with van der Waals surface area (Å²) in [6, 6.07) is 3.36. The lowest BCUT2D eigenvalue weighted by molar-refractivity contribution is 0.187. The summed E-state index contributed by atoms with van der Waals surface area (Å²) in [4.78, 5) is 4.13. The number of aromatic nitrogens is 1. The van der Waals surface area contributed by atoms with E-state index in [2.05, 4.69) is 4.98 Å². The lowest BCUT2D eigenvalue weighted by Gasteiger charge is -2.07. The second kappa shape index (κ2) is 3.81. The third-order valence-corrected chi connectivity index (χ3v) is 2.47. The zero-order valence-electron chi connectivity index (χ0n) is 8.20. The number of nitrogens with two attached hydrogens (primary N) is 1. The smallest absolute Gasteiger partial charge is 0.192 e. The van der Waals surface area contributed by atoms with Gasteiger partial charge in [0, 0.05) is 13.5 Å². The summed E-state index contributed by atoms with van der Waals surface area (Å²) in [7, 11) is 0. The topological polar surface area (TPSA) is 72.3 Å². The molecule has 0 spiro atoms. The maximum atomic E-state index is 9.57. The molecule has 0 fully saturated rings. The van der Waals surface area contributed by atoms with Crippen LogP contribution in [0.4, 0.5) is 0 Å². The van der Waals surface area contributed by atoms with Gasteiger partial charge in [-0.1, -0.05) is 11.6 Å². The molecule has 1 aromatic heterocycles. The summed E-state index contributed by atoms with van der Waals surface area (Å²) in [5, 5.41) is 10.0.